The highest BCUT2D eigenvalue weighted by Gasteiger charge is 2.02. The normalized spacial score (nSPS) is 10.0. The Morgan fingerprint density at radius 3 is 2.85 bits per heavy atom. The van der Waals surface area contributed by atoms with Gasteiger partial charge in [-0.25, -0.2) is 4.39 Å². The average molecular weight is 197 g/mol. The lowest BCUT2D eigenvalue weighted by atomic mass is 10.3. The van der Waals surface area contributed by atoms with Crippen molar-refractivity contribution in [2.24, 2.45) is 0 Å². The largest absolute Gasteiger partial charge is 0.399 e. The Balaban J connectivity index is 2.72. The van der Waals surface area contributed by atoms with Gasteiger partial charge in [0.05, 0.1) is 0 Å². The van der Waals surface area contributed by atoms with Crippen LogP contribution in [0.25, 0.3) is 0 Å². The first-order valence-electron chi connectivity index (χ1n) is 3.92. The molecule has 0 fully saturated rings. The number of halogens is 1. The van der Waals surface area contributed by atoms with Gasteiger partial charge < -0.3 is 5.73 Å². The topological polar surface area (TPSA) is 26.0 Å². The van der Waals surface area contributed by atoms with E-state index >= 15 is 0 Å². The van der Waals surface area contributed by atoms with Gasteiger partial charge in [0.25, 0.3) is 0 Å². The Hall–Kier alpha value is -0.960. The fraction of sp³-hybridized carbons (Fsp3) is 0.200. The van der Waals surface area contributed by atoms with Gasteiger partial charge in [0.1, 0.15) is 5.82 Å². The SMILES string of the molecule is C=C(C)CSc1ccc(N)cc1F. The number of benzene rings is 1. The van der Waals surface area contributed by atoms with Crippen LogP contribution in [0.15, 0.2) is 35.2 Å². The second-order valence-electron chi connectivity index (χ2n) is 2.94. The van der Waals surface area contributed by atoms with Crippen molar-refractivity contribution in [3.05, 3.63) is 36.2 Å². The molecule has 1 nitrogen and oxygen atoms in total. The summed E-state index contributed by atoms with van der Waals surface area (Å²) in [5.41, 5.74) is 6.90. The molecule has 0 aliphatic heterocycles. The first kappa shape index (κ1) is 10.1. The van der Waals surface area contributed by atoms with E-state index in [1.165, 1.54) is 17.8 Å². The maximum absolute atomic E-state index is 13.2. The molecule has 0 atom stereocenters. The van der Waals surface area contributed by atoms with Crippen LogP contribution in [0.1, 0.15) is 6.92 Å². The van der Waals surface area contributed by atoms with Crippen molar-refractivity contribution in [3.63, 3.8) is 0 Å². The Bertz CT molecular complexity index is 323. The maximum Gasteiger partial charge on any atom is 0.138 e. The molecule has 0 aromatic heterocycles. The van der Waals surface area contributed by atoms with Gasteiger partial charge in [0.2, 0.25) is 0 Å². The molecule has 0 aliphatic rings. The first-order chi connectivity index (χ1) is 6.09. The standard InChI is InChI=1S/C10H12FNS/c1-7(2)6-13-10-4-3-8(12)5-9(10)11/h3-5H,1,6,12H2,2H3. The summed E-state index contributed by atoms with van der Waals surface area (Å²) in [6, 6.07) is 4.73. The van der Waals surface area contributed by atoms with Crippen LogP contribution in [0.4, 0.5) is 10.1 Å². The Kier molecular flexibility index (Phi) is 3.37. The molecule has 0 aliphatic carbocycles. The molecule has 1 rings (SSSR count). The molecule has 0 saturated heterocycles. The molecule has 1 aromatic carbocycles. The zero-order chi connectivity index (χ0) is 9.84. The van der Waals surface area contributed by atoms with E-state index in [2.05, 4.69) is 6.58 Å². The zero-order valence-corrected chi connectivity index (χ0v) is 8.33. The van der Waals surface area contributed by atoms with Crippen molar-refractivity contribution in [3.8, 4) is 0 Å². The van der Waals surface area contributed by atoms with Gasteiger partial charge in [-0.15, -0.1) is 11.8 Å². The lowest BCUT2D eigenvalue weighted by Gasteiger charge is -2.03. The van der Waals surface area contributed by atoms with E-state index in [4.69, 9.17) is 5.73 Å². The predicted octanol–water partition coefficient (Wildman–Crippen LogP) is 3.08. The van der Waals surface area contributed by atoms with Crippen LogP contribution in [0.5, 0.6) is 0 Å². The van der Waals surface area contributed by atoms with Crippen molar-refractivity contribution in [1.82, 2.24) is 0 Å². The lowest BCUT2D eigenvalue weighted by molar-refractivity contribution is 0.603. The Morgan fingerprint density at radius 2 is 2.31 bits per heavy atom. The van der Waals surface area contributed by atoms with Gasteiger partial charge in [0, 0.05) is 16.3 Å². The summed E-state index contributed by atoms with van der Waals surface area (Å²) in [4.78, 5) is 0.622. The highest BCUT2D eigenvalue weighted by Crippen LogP contribution is 2.24. The van der Waals surface area contributed by atoms with Crippen LogP contribution in [-0.4, -0.2) is 5.75 Å². The van der Waals surface area contributed by atoms with Crippen LogP contribution < -0.4 is 5.73 Å². The number of hydrogen-bond acceptors (Lipinski definition) is 2. The molecular weight excluding hydrogens is 185 g/mol. The van der Waals surface area contributed by atoms with E-state index in [1.807, 2.05) is 6.92 Å². The summed E-state index contributed by atoms with van der Waals surface area (Å²) in [5.74, 6) is 0.479. The summed E-state index contributed by atoms with van der Waals surface area (Å²) >= 11 is 1.43. The minimum atomic E-state index is -0.258. The second kappa shape index (κ2) is 4.33. The van der Waals surface area contributed by atoms with Gasteiger partial charge in [-0.1, -0.05) is 12.2 Å². The number of rotatable bonds is 3. The minimum Gasteiger partial charge on any atom is -0.399 e. The van der Waals surface area contributed by atoms with Crippen molar-refractivity contribution < 1.29 is 4.39 Å². The molecule has 13 heavy (non-hydrogen) atoms. The minimum absolute atomic E-state index is 0.258. The number of hydrogen-bond donors (Lipinski definition) is 1. The molecule has 0 spiro atoms. The van der Waals surface area contributed by atoms with Crippen LogP contribution in [0, 0.1) is 5.82 Å². The molecule has 0 unspecified atom stereocenters. The summed E-state index contributed by atoms with van der Waals surface area (Å²) in [6.45, 7) is 5.67. The van der Waals surface area contributed by atoms with E-state index in [-0.39, 0.29) is 5.82 Å². The Morgan fingerprint density at radius 1 is 1.62 bits per heavy atom. The molecule has 3 heteroatoms. The molecule has 70 valence electrons. The molecule has 0 radical (unpaired) electrons. The van der Waals surface area contributed by atoms with Gasteiger partial charge in [-0.05, 0) is 25.1 Å². The van der Waals surface area contributed by atoms with E-state index < -0.39 is 0 Å². The van der Waals surface area contributed by atoms with Gasteiger partial charge >= 0.3 is 0 Å². The summed E-state index contributed by atoms with van der Waals surface area (Å²) < 4.78 is 13.2. The highest BCUT2D eigenvalue weighted by molar-refractivity contribution is 7.99. The van der Waals surface area contributed by atoms with E-state index in [1.54, 1.807) is 12.1 Å². The highest BCUT2D eigenvalue weighted by atomic mass is 32.2. The van der Waals surface area contributed by atoms with Crippen molar-refractivity contribution in [2.45, 2.75) is 11.8 Å². The lowest BCUT2D eigenvalue weighted by Crippen LogP contribution is -1.89. The molecule has 0 heterocycles. The van der Waals surface area contributed by atoms with Crippen molar-refractivity contribution in [2.75, 3.05) is 11.5 Å². The van der Waals surface area contributed by atoms with Gasteiger partial charge in [0.15, 0.2) is 0 Å². The molecular formula is C10H12FNS. The van der Waals surface area contributed by atoms with Crippen LogP contribution >= 0.6 is 11.8 Å². The van der Waals surface area contributed by atoms with E-state index in [0.29, 0.717) is 10.6 Å². The number of nitrogens with two attached hydrogens (primary N) is 1. The zero-order valence-electron chi connectivity index (χ0n) is 7.51. The average Bonchev–Trinajstić information content (AvgIpc) is 2.02. The Labute approximate surface area is 81.8 Å². The fourth-order valence-corrected chi connectivity index (χ4v) is 1.60. The van der Waals surface area contributed by atoms with Crippen molar-refractivity contribution in [1.29, 1.82) is 0 Å². The summed E-state index contributed by atoms with van der Waals surface area (Å²) in [5, 5.41) is 0. The molecule has 0 saturated carbocycles. The van der Waals surface area contributed by atoms with Gasteiger partial charge in [-0.2, -0.15) is 0 Å². The smallest absolute Gasteiger partial charge is 0.138 e. The number of anilines is 1. The van der Waals surface area contributed by atoms with Crippen molar-refractivity contribution >= 4 is 17.4 Å². The molecule has 1 aromatic rings. The third kappa shape index (κ3) is 3.11. The number of nitrogen functional groups attached to an aromatic ring is 1. The summed E-state index contributed by atoms with van der Waals surface area (Å²) in [6.07, 6.45) is 0. The monoisotopic (exact) mass is 197 g/mol. The van der Waals surface area contributed by atoms with Gasteiger partial charge in [-0.3, -0.25) is 0 Å². The van der Waals surface area contributed by atoms with E-state index in [9.17, 15) is 4.39 Å². The van der Waals surface area contributed by atoms with Crippen LogP contribution in [0.3, 0.4) is 0 Å². The second-order valence-corrected chi connectivity index (χ2v) is 3.95. The predicted molar refractivity (Wildman–Crippen MR) is 56.4 cm³/mol. The maximum atomic E-state index is 13.2. The molecule has 2 N–H and O–H groups in total. The fourth-order valence-electron chi connectivity index (χ4n) is 0.835. The summed E-state index contributed by atoms with van der Waals surface area (Å²) in [7, 11) is 0. The van der Waals surface area contributed by atoms with Crippen LogP contribution in [-0.2, 0) is 0 Å². The van der Waals surface area contributed by atoms with E-state index in [0.717, 1.165) is 11.3 Å². The number of thioether (sulfide) groups is 1. The van der Waals surface area contributed by atoms with Crippen LogP contribution in [0.2, 0.25) is 0 Å². The third-order valence-electron chi connectivity index (χ3n) is 1.43. The first-order valence-corrected chi connectivity index (χ1v) is 4.90. The quantitative estimate of drug-likeness (QED) is 0.458. The molecule has 0 amide bonds. The molecule has 0 bridgehead atoms. The third-order valence-corrected chi connectivity index (χ3v) is 2.71.